The molecule has 4 amide bonds. The SMILES string of the molecule is CC(C)(C)OC(=O)C[C@H](Cc1ccc(-c2ccccc2)cc1)C(=O)N1C(=O)OC[C@H]1Cc1ccccc1.O=C(CCc1ccc(-c2ccccc2)cc1)N1C(=O)OC[C@H]1Cc1ccccc1. The quantitative estimate of drug-likeness (QED) is 0.0783. The van der Waals surface area contributed by atoms with E-state index < -0.39 is 41.6 Å². The summed E-state index contributed by atoms with van der Waals surface area (Å²) in [5, 5.41) is 0. The van der Waals surface area contributed by atoms with Crippen LogP contribution in [0, 0.1) is 5.92 Å². The van der Waals surface area contributed by atoms with E-state index in [1.165, 1.54) is 15.4 Å². The minimum Gasteiger partial charge on any atom is -0.460 e. The van der Waals surface area contributed by atoms with E-state index in [0.29, 0.717) is 25.7 Å². The Morgan fingerprint density at radius 1 is 0.545 bits per heavy atom. The molecule has 2 saturated heterocycles. The molecule has 2 aliphatic heterocycles. The Morgan fingerprint density at radius 2 is 0.955 bits per heavy atom. The van der Waals surface area contributed by atoms with Gasteiger partial charge in [0, 0.05) is 6.42 Å². The molecule has 0 aromatic heterocycles. The fraction of sp³-hybridized carbons (Fsp3) is 0.268. The number of rotatable bonds is 14. The molecule has 0 saturated carbocycles. The van der Waals surface area contributed by atoms with Crippen LogP contribution in [-0.2, 0) is 54.3 Å². The molecule has 66 heavy (non-hydrogen) atoms. The van der Waals surface area contributed by atoms with Gasteiger partial charge in [-0.2, -0.15) is 0 Å². The average molecular weight is 885 g/mol. The lowest BCUT2D eigenvalue weighted by Crippen LogP contribution is -2.45. The van der Waals surface area contributed by atoms with Gasteiger partial charge in [0.05, 0.1) is 24.4 Å². The predicted octanol–water partition coefficient (Wildman–Crippen LogP) is 10.7. The van der Waals surface area contributed by atoms with Gasteiger partial charge < -0.3 is 14.2 Å². The number of nitrogens with zero attached hydrogens (tertiary/aromatic N) is 2. The normalized spacial score (nSPS) is 16.1. The zero-order valence-corrected chi connectivity index (χ0v) is 37.7. The summed E-state index contributed by atoms with van der Waals surface area (Å²) in [5.41, 5.74) is 7.85. The van der Waals surface area contributed by atoms with Gasteiger partial charge in [-0.15, -0.1) is 0 Å². The van der Waals surface area contributed by atoms with E-state index >= 15 is 0 Å². The first kappa shape index (κ1) is 46.7. The van der Waals surface area contributed by atoms with Gasteiger partial charge in [-0.3, -0.25) is 14.4 Å². The lowest BCUT2D eigenvalue weighted by atomic mass is 9.92. The summed E-state index contributed by atoms with van der Waals surface area (Å²) < 4.78 is 15.9. The second kappa shape index (κ2) is 22.0. The number of amides is 4. The maximum absolute atomic E-state index is 13.8. The van der Waals surface area contributed by atoms with Crippen molar-refractivity contribution < 1.29 is 38.2 Å². The Kier molecular flexibility index (Phi) is 15.6. The van der Waals surface area contributed by atoms with E-state index in [0.717, 1.165) is 38.9 Å². The van der Waals surface area contributed by atoms with Crippen molar-refractivity contribution in [3.8, 4) is 22.3 Å². The third-order valence-corrected chi connectivity index (χ3v) is 11.5. The van der Waals surface area contributed by atoms with Gasteiger partial charge in [0.2, 0.25) is 11.8 Å². The van der Waals surface area contributed by atoms with Crippen molar-refractivity contribution in [2.45, 2.75) is 77.0 Å². The van der Waals surface area contributed by atoms with E-state index in [2.05, 4.69) is 24.3 Å². The topological polar surface area (TPSA) is 120 Å². The van der Waals surface area contributed by atoms with Crippen molar-refractivity contribution in [2.24, 2.45) is 5.92 Å². The van der Waals surface area contributed by atoms with E-state index in [1.807, 2.05) is 146 Å². The number of hydrogen-bond donors (Lipinski definition) is 0. The third-order valence-electron chi connectivity index (χ3n) is 11.5. The molecule has 338 valence electrons. The van der Waals surface area contributed by atoms with Gasteiger partial charge in [-0.1, -0.05) is 170 Å². The molecule has 0 aliphatic carbocycles. The molecular weight excluding hydrogens is 829 g/mol. The number of cyclic esters (lactones) is 2. The number of aryl methyl sites for hydroxylation is 1. The standard InChI is InChI=1S/C31H33NO5.C25H23NO3/c1-31(2,3)37-28(33)20-26(18-23-14-16-25(17-15-23)24-12-8-5-9-13-24)29(34)32-27(21-36-30(32)35)19-22-10-6-4-7-11-22;27-24(26-23(18-29-25(26)28)17-20-7-3-1-4-8-20)16-13-19-11-14-22(15-12-19)21-9-5-2-6-10-21/h4-17,26-27H,18-21H2,1-3H3;1-12,14-15,23H,13,16-18H2/t26-,27+;23-/m01/s1. The summed E-state index contributed by atoms with van der Waals surface area (Å²) in [6, 6.07) is 55.2. The van der Waals surface area contributed by atoms with Crippen molar-refractivity contribution in [2.75, 3.05) is 13.2 Å². The van der Waals surface area contributed by atoms with Gasteiger partial charge in [-0.05, 0) is 91.0 Å². The number of hydrogen-bond acceptors (Lipinski definition) is 8. The summed E-state index contributed by atoms with van der Waals surface area (Å²) >= 11 is 0. The van der Waals surface area contributed by atoms with Gasteiger partial charge in [0.15, 0.2) is 0 Å². The van der Waals surface area contributed by atoms with Crippen molar-refractivity contribution in [1.82, 2.24) is 9.80 Å². The second-order valence-electron chi connectivity index (χ2n) is 17.6. The lowest BCUT2D eigenvalue weighted by Gasteiger charge is -2.26. The molecule has 2 fully saturated rings. The van der Waals surface area contributed by atoms with Crippen molar-refractivity contribution in [1.29, 1.82) is 0 Å². The third kappa shape index (κ3) is 12.9. The van der Waals surface area contributed by atoms with Crippen LogP contribution in [0.25, 0.3) is 22.3 Å². The highest BCUT2D eigenvalue weighted by Gasteiger charge is 2.42. The summed E-state index contributed by atoms with van der Waals surface area (Å²) in [6.07, 6.45) is 0.955. The van der Waals surface area contributed by atoms with E-state index in [9.17, 15) is 24.0 Å². The fourth-order valence-corrected chi connectivity index (χ4v) is 8.21. The lowest BCUT2D eigenvalue weighted by molar-refractivity contribution is -0.158. The molecule has 10 nitrogen and oxygen atoms in total. The molecule has 0 N–H and O–H groups in total. The van der Waals surface area contributed by atoms with E-state index in [-0.39, 0.29) is 38.0 Å². The molecule has 0 unspecified atom stereocenters. The average Bonchev–Trinajstić information content (AvgIpc) is 3.88. The van der Waals surface area contributed by atoms with Gasteiger partial charge in [0.25, 0.3) is 0 Å². The molecule has 10 heteroatoms. The summed E-state index contributed by atoms with van der Waals surface area (Å²) in [4.78, 5) is 66.5. The first-order valence-corrected chi connectivity index (χ1v) is 22.5. The number of carbonyl (C=O) groups excluding carboxylic acids is 5. The molecule has 0 radical (unpaired) electrons. The fourth-order valence-electron chi connectivity index (χ4n) is 8.21. The Morgan fingerprint density at radius 3 is 1.42 bits per heavy atom. The second-order valence-corrected chi connectivity index (χ2v) is 17.6. The zero-order chi connectivity index (χ0) is 46.5. The summed E-state index contributed by atoms with van der Waals surface area (Å²) in [7, 11) is 0. The van der Waals surface area contributed by atoms with Crippen molar-refractivity contribution >= 4 is 30.0 Å². The van der Waals surface area contributed by atoms with Crippen LogP contribution in [0.2, 0.25) is 0 Å². The van der Waals surface area contributed by atoms with Crippen LogP contribution in [0.5, 0.6) is 0 Å². The van der Waals surface area contributed by atoms with Crippen LogP contribution >= 0.6 is 0 Å². The predicted molar refractivity (Wildman–Crippen MR) is 254 cm³/mol. The highest BCUT2D eigenvalue weighted by Crippen LogP contribution is 2.27. The largest absolute Gasteiger partial charge is 0.460 e. The Hall–Kier alpha value is -7.33. The maximum atomic E-state index is 13.8. The Balaban J connectivity index is 0.000000202. The number of benzene rings is 6. The number of carbonyl (C=O) groups is 5. The van der Waals surface area contributed by atoms with Crippen LogP contribution in [0.3, 0.4) is 0 Å². The molecule has 8 rings (SSSR count). The van der Waals surface area contributed by atoms with Gasteiger partial charge >= 0.3 is 18.2 Å². The highest BCUT2D eigenvalue weighted by molar-refractivity contribution is 5.96. The minimum atomic E-state index is -0.763. The molecule has 0 spiro atoms. The molecule has 6 aromatic rings. The molecular formula is C56H56N2O8. The van der Waals surface area contributed by atoms with Crippen LogP contribution in [0.4, 0.5) is 9.59 Å². The number of esters is 1. The zero-order valence-electron chi connectivity index (χ0n) is 37.7. The number of ether oxygens (including phenoxy) is 3. The van der Waals surface area contributed by atoms with Gasteiger partial charge in [0.1, 0.15) is 18.8 Å². The summed E-state index contributed by atoms with van der Waals surface area (Å²) in [5.74, 6) is -1.83. The van der Waals surface area contributed by atoms with Crippen molar-refractivity contribution in [3.63, 3.8) is 0 Å². The Labute approximate surface area is 387 Å². The first-order valence-electron chi connectivity index (χ1n) is 22.5. The smallest absolute Gasteiger partial charge is 0.416 e. The van der Waals surface area contributed by atoms with Crippen molar-refractivity contribution in [3.05, 3.63) is 192 Å². The van der Waals surface area contributed by atoms with Crippen LogP contribution < -0.4 is 0 Å². The van der Waals surface area contributed by atoms with Gasteiger partial charge in [-0.25, -0.2) is 19.4 Å². The van der Waals surface area contributed by atoms with Crippen LogP contribution in [0.1, 0.15) is 55.9 Å². The molecule has 2 aliphatic rings. The first-order chi connectivity index (χ1) is 31.9. The van der Waals surface area contributed by atoms with E-state index in [4.69, 9.17) is 14.2 Å². The Bertz CT molecular complexity index is 2540. The molecule has 6 aromatic carbocycles. The highest BCUT2D eigenvalue weighted by atomic mass is 16.6. The van der Waals surface area contributed by atoms with Crippen LogP contribution in [0.15, 0.2) is 170 Å². The summed E-state index contributed by atoms with van der Waals surface area (Å²) in [6.45, 7) is 5.75. The minimum absolute atomic E-state index is 0.127. The monoisotopic (exact) mass is 884 g/mol. The molecule has 0 bridgehead atoms. The van der Waals surface area contributed by atoms with Crippen LogP contribution in [-0.4, -0.2) is 70.7 Å². The van der Waals surface area contributed by atoms with E-state index in [1.54, 1.807) is 20.8 Å². The molecule has 3 atom stereocenters. The molecule has 2 heterocycles. The maximum Gasteiger partial charge on any atom is 0.416 e. The number of imide groups is 2.